The Bertz CT molecular complexity index is 1050. The first-order valence-corrected chi connectivity index (χ1v) is 9.62. The number of nitrogens with zero attached hydrogens (tertiary/aromatic N) is 1. The summed E-state index contributed by atoms with van der Waals surface area (Å²) in [4.78, 5) is 23.5. The maximum Gasteiger partial charge on any atom is 0.294 e. The number of nitrogens with one attached hydrogen (secondary N) is 1. The monoisotopic (exact) mass is 416 g/mol. The van der Waals surface area contributed by atoms with Crippen molar-refractivity contribution in [1.82, 2.24) is 0 Å². The van der Waals surface area contributed by atoms with Gasteiger partial charge >= 0.3 is 0 Å². The van der Waals surface area contributed by atoms with Gasteiger partial charge in [-0.05, 0) is 54.6 Å². The Morgan fingerprint density at radius 2 is 2.04 bits per heavy atom. The maximum absolute atomic E-state index is 12.5. The molecule has 0 bridgehead atoms. The Morgan fingerprint density at radius 3 is 2.79 bits per heavy atom. The van der Waals surface area contributed by atoms with Crippen molar-refractivity contribution in [1.29, 1.82) is 0 Å². The third-order valence-electron chi connectivity index (χ3n) is 4.23. The lowest BCUT2D eigenvalue weighted by Gasteiger charge is -2.09. The number of halogens is 1. The summed E-state index contributed by atoms with van der Waals surface area (Å²) >= 11 is 7.04. The van der Waals surface area contributed by atoms with Crippen LogP contribution in [0.15, 0.2) is 47.8 Å². The van der Waals surface area contributed by atoms with Crippen molar-refractivity contribution in [3.63, 3.8) is 0 Å². The molecule has 0 aliphatic carbocycles. The van der Waals surface area contributed by atoms with E-state index >= 15 is 0 Å². The van der Waals surface area contributed by atoms with Crippen LogP contribution in [-0.4, -0.2) is 10.8 Å². The van der Waals surface area contributed by atoms with Gasteiger partial charge in [0.1, 0.15) is 18.0 Å². The molecule has 0 atom stereocenters. The number of anilines is 1. The summed E-state index contributed by atoms with van der Waals surface area (Å²) in [6, 6.07) is 11.7. The Kier molecular flexibility index (Phi) is 5.96. The molecule has 3 rings (SSSR count). The maximum atomic E-state index is 12.5. The van der Waals surface area contributed by atoms with E-state index in [1.165, 1.54) is 29.5 Å². The van der Waals surface area contributed by atoms with Gasteiger partial charge < -0.3 is 10.1 Å². The second-order valence-electron chi connectivity index (χ2n) is 6.18. The molecule has 0 fully saturated rings. The number of carbonyl (C=O) groups excluding carboxylic acids is 1. The molecule has 0 radical (unpaired) electrons. The summed E-state index contributed by atoms with van der Waals surface area (Å²) in [6.45, 7) is 4.34. The largest absolute Gasteiger partial charge is 0.489 e. The van der Waals surface area contributed by atoms with Crippen LogP contribution in [0.2, 0.25) is 5.02 Å². The first-order valence-electron chi connectivity index (χ1n) is 8.37. The number of ether oxygens (including phenoxy) is 1. The second-order valence-corrected chi connectivity index (χ2v) is 7.53. The fourth-order valence-electron chi connectivity index (χ4n) is 2.56. The van der Waals surface area contributed by atoms with Gasteiger partial charge in [0, 0.05) is 16.7 Å². The Labute approximate surface area is 170 Å². The van der Waals surface area contributed by atoms with Crippen molar-refractivity contribution in [2.45, 2.75) is 20.5 Å². The van der Waals surface area contributed by atoms with Crippen molar-refractivity contribution >= 4 is 40.2 Å². The predicted octanol–water partition coefficient (Wildman–Crippen LogP) is 5.76. The average Bonchev–Trinajstić information content (AvgIpc) is 3.13. The van der Waals surface area contributed by atoms with Gasteiger partial charge in [0.15, 0.2) is 0 Å². The molecule has 144 valence electrons. The van der Waals surface area contributed by atoms with Gasteiger partial charge in [0.2, 0.25) is 0 Å². The highest BCUT2D eigenvalue weighted by atomic mass is 35.5. The molecule has 6 nitrogen and oxygen atoms in total. The van der Waals surface area contributed by atoms with E-state index in [-0.39, 0.29) is 16.4 Å². The van der Waals surface area contributed by atoms with Gasteiger partial charge in [-0.25, -0.2) is 0 Å². The Morgan fingerprint density at radius 1 is 1.25 bits per heavy atom. The number of thiophene rings is 1. The van der Waals surface area contributed by atoms with Crippen LogP contribution in [-0.2, 0) is 6.61 Å². The van der Waals surface area contributed by atoms with Gasteiger partial charge in [-0.15, -0.1) is 11.3 Å². The number of nitro groups is 1. The van der Waals surface area contributed by atoms with E-state index in [1.807, 2.05) is 37.4 Å². The molecule has 0 spiro atoms. The van der Waals surface area contributed by atoms with Crippen LogP contribution in [0.5, 0.6) is 5.75 Å². The molecule has 0 aliphatic rings. The number of rotatable bonds is 6. The van der Waals surface area contributed by atoms with Crippen molar-refractivity contribution in [3.8, 4) is 5.75 Å². The van der Waals surface area contributed by atoms with E-state index in [1.54, 1.807) is 6.07 Å². The molecule has 0 saturated heterocycles. The molecule has 28 heavy (non-hydrogen) atoms. The van der Waals surface area contributed by atoms with Gasteiger partial charge in [-0.1, -0.05) is 23.7 Å². The van der Waals surface area contributed by atoms with Crippen LogP contribution in [0, 0.1) is 24.0 Å². The Hall–Kier alpha value is -2.90. The molecule has 0 aliphatic heterocycles. The van der Waals surface area contributed by atoms with E-state index in [9.17, 15) is 14.9 Å². The molecule has 0 saturated carbocycles. The van der Waals surface area contributed by atoms with Crippen molar-refractivity contribution < 1.29 is 14.5 Å². The number of amides is 1. The highest BCUT2D eigenvalue weighted by Gasteiger charge is 2.18. The lowest BCUT2D eigenvalue weighted by Crippen LogP contribution is -2.11. The highest BCUT2D eigenvalue weighted by molar-refractivity contribution is 7.12. The fraction of sp³-hybridized carbons (Fsp3) is 0.150. The molecule has 1 N–H and O–H groups in total. The quantitative estimate of drug-likeness (QED) is 0.409. The molecule has 3 aromatic rings. The molecule has 1 aromatic heterocycles. The van der Waals surface area contributed by atoms with E-state index in [4.69, 9.17) is 16.3 Å². The van der Waals surface area contributed by atoms with E-state index in [0.717, 1.165) is 22.4 Å². The molecule has 8 heteroatoms. The van der Waals surface area contributed by atoms with Crippen molar-refractivity contribution in [2.24, 2.45) is 0 Å². The standard InChI is InChI=1S/C20H17ClN2O4S/c1-12-4-3-5-18(13(12)2)27-10-14-8-19(28-11-14)20(24)22-16-7-6-15(21)9-17(16)23(25)26/h3-9,11H,10H2,1-2H3,(H,22,24). The minimum absolute atomic E-state index is 0.0981. The molecule has 1 amide bonds. The van der Waals surface area contributed by atoms with Gasteiger partial charge in [0.05, 0.1) is 9.80 Å². The summed E-state index contributed by atoms with van der Waals surface area (Å²) in [5.74, 6) is 0.377. The van der Waals surface area contributed by atoms with Gasteiger partial charge in [-0.2, -0.15) is 0 Å². The summed E-state index contributed by atoms with van der Waals surface area (Å²) in [5.41, 5.74) is 2.91. The van der Waals surface area contributed by atoms with Crippen LogP contribution in [0.3, 0.4) is 0 Å². The zero-order chi connectivity index (χ0) is 20.3. The molecule has 0 unspecified atom stereocenters. The first kappa shape index (κ1) is 19.9. The number of benzene rings is 2. The van der Waals surface area contributed by atoms with Crippen molar-refractivity contribution in [3.05, 3.63) is 84.5 Å². The molecular formula is C20H17ClN2O4S. The second kappa shape index (κ2) is 8.41. The van der Waals surface area contributed by atoms with Crippen LogP contribution in [0.4, 0.5) is 11.4 Å². The molecule has 2 aromatic carbocycles. The van der Waals surface area contributed by atoms with Crippen molar-refractivity contribution in [2.75, 3.05) is 5.32 Å². The normalized spacial score (nSPS) is 10.5. The minimum Gasteiger partial charge on any atom is -0.489 e. The lowest BCUT2D eigenvalue weighted by atomic mass is 10.1. The summed E-state index contributed by atoms with van der Waals surface area (Å²) < 4.78 is 5.85. The number of carbonyl (C=O) groups is 1. The summed E-state index contributed by atoms with van der Waals surface area (Å²) in [7, 11) is 0. The summed E-state index contributed by atoms with van der Waals surface area (Å²) in [6.07, 6.45) is 0. The first-order chi connectivity index (χ1) is 13.3. The average molecular weight is 417 g/mol. The number of aryl methyl sites for hydroxylation is 1. The van der Waals surface area contributed by atoms with E-state index < -0.39 is 10.8 Å². The molecule has 1 heterocycles. The predicted molar refractivity (Wildman–Crippen MR) is 111 cm³/mol. The van der Waals surface area contributed by atoms with Crippen LogP contribution >= 0.6 is 22.9 Å². The van der Waals surface area contributed by atoms with Gasteiger partial charge in [-0.3, -0.25) is 14.9 Å². The SMILES string of the molecule is Cc1cccc(OCc2csc(C(=O)Nc3ccc(Cl)cc3[N+](=O)[O-])c2)c1C. The fourth-order valence-corrected chi connectivity index (χ4v) is 3.52. The Balaban J connectivity index is 1.69. The van der Waals surface area contributed by atoms with Crippen LogP contribution in [0.25, 0.3) is 0 Å². The summed E-state index contributed by atoms with van der Waals surface area (Å²) in [5, 5.41) is 15.8. The highest BCUT2D eigenvalue weighted by Crippen LogP contribution is 2.29. The zero-order valence-corrected chi connectivity index (χ0v) is 16.8. The number of hydrogen-bond donors (Lipinski definition) is 1. The third-order valence-corrected chi connectivity index (χ3v) is 5.44. The van der Waals surface area contributed by atoms with Gasteiger partial charge in [0.25, 0.3) is 11.6 Å². The smallest absolute Gasteiger partial charge is 0.294 e. The van der Waals surface area contributed by atoms with Crippen LogP contribution < -0.4 is 10.1 Å². The molecular weight excluding hydrogens is 400 g/mol. The van der Waals surface area contributed by atoms with E-state index in [2.05, 4.69) is 5.32 Å². The number of hydrogen-bond acceptors (Lipinski definition) is 5. The third kappa shape index (κ3) is 4.49. The number of nitro benzene ring substituents is 1. The van der Waals surface area contributed by atoms with E-state index in [0.29, 0.717) is 11.5 Å². The minimum atomic E-state index is -0.584. The van der Waals surface area contributed by atoms with Crippen LogP contribution in [0.1, 0.15) is 26.4 Å². The zero-order valence-electron chi connectivity index (χ0n) is 15.2. The topological polar surface area (TPSA) is 81.5 Å². The lowest BCUT2D eigenvalue weighted by molar-refractivity contribution is -0.383.